The van der Waals surface area contributed by atoms with Crippen molar-refractivity contribution < 1.29 is 24.4 Å². The number of fused-ring (bicyclic) bond motifs is 1. The molecule has 2 unspecified atom stereocenters. The van der Waals surface area contributed by atoms with Crippen molar-refractivity contribution in [2.75, 3.05) is 26.1 Å². The predicted molar refractivity (Wildman–Crippen MR) is 76.6 cm³/mol. The third-order valence-corrected chi connectivity index (χ3v) is 4.47. The highest BCUT2D eigenvalue weighted by atomic mass is 16.6. The van der Waals surface area contributed by atoms with Crippen molar-refractivity contribution in [1.82, 2.24) is 19.5 Å². The van der Waals surface area contributed by atoms with Crippen LogP contribution in [0.5, 0.6) is 5.88 Å². The minimum Gasteiger partial charge on any atom is -0.479 e. The number of hydrogen-bond acceptors (Lipinski definition) is 9. The molecule has 0 amide bonds. The summed E-state index contributed by atoms with van der Waals surface area (Å²) in [5, 5.41) is 19.8. The fourth-order valence-corrected chi connectivity index (χ4v) is 3.25. The van der Waals surface area contributed by atoms with Gasteiger partial charge in [0.25, 0.3) is 0 Å². The van der Waals surface area contributed by atoms with E-state index in [9.17, 15) is 10.2 Å². The molecule has 10 heteroatoms. The van der Waals surface area contributed by atoms with E-state index in [1.54, 1.807) is 4.57 Å². The molecule has 4 N–H and O–H groups in total. The van der Waals surface area contributed by atoms with Gasteiger partial charge in [0.1, 0.15) is 17.8 Å². The Morgan fingerprint density at radius 1 is 1.52 bits per heavy atom. The lowest BCUT2D eigenvalue weighted by atomic mass is 9.86. The second-order valence-corrected chi connectivity index (χ2v) is 5.62. The highest BCUT2D eigenvalue weighted by Crippen LogP contribution is 2.49. The average Bonchev–Trinajstić information content (AvgIpc) is 3.04. The number of nitrogens with two attached hydrogens (primary N) is 1. The quantitative estimate of drug-likeness (QED) is 0.637. The summed E-state index contributed by atoms with van der Waals surface area (Å²) in [7, 11) is 1.47. The molecule has 2 aromatic rings. The molecule has 2 saturated heterocycles. The van der Waals surface area contributed by atoms with Crippen molar-refractivity contribution in [3.8, 4) is 5.88 Å². The maximum atomic E-state index is 10.4. The number of nitrogens with zero attached hydrogens (tertiary/aromatic N) is 4. The van der Waals surface area contributed by atoms with Crippen LogP contribution in [0.1, 0.15) is 12.6 Å². The van der Waals surface area contributed by atoms with Crippen LogP contribution in [0.15, 0.2) is 6.33 Å². The molecule has 0 aromatic carbocycles. The summed E-state index contributed by atoms with van der Waals surface area (Å²) < 4.78 is 18.3. The number of hydrogen-bond donors (Lipinski definition) is 3. The minimum atomic E-state index is -0.940. The fourth-order valence-electron chi connectivity index (χ4n) is 3.25. The molecular weight excluding hydrogens is 306 g/mol. The summed E-state index contributed by atoms with van der Waals surface area (Å²) in [5.41, 5.74) is 5.64. The molecule has 4 heterocycles. The number of imidazole rings is 1. The number of aromatic nitrogens is 4. The van der Waals surface area contributed by atoms with E-state index in [1.807, 2.05) is 0 Å². The first kappa shape index (κ1) is 14.6. The molecule has 124 valence electrons. The van der Waals surface area contributed by atoms with Gasteiger partial charge >= 0.3 is 0 Å². The summed E-state index contributed by atoms with van der Waals surface area (Å²) in [5.74, 6) is 0.295. The van der Waals surface area contributed by atoms with Gasteiger partial charge in [0.15, 0.2) is 17.4 Å². The fraction of sp³-hybridized carbons (Fsp3) is 0.615. The van der Waals surface area contributed by atoms with Crippen LogP contribution in [-0.2, 0) is 9.47 Å². The monoisotopic (exact) mass is 323 g/mol. The summed E-state index contributed by atoms with van der Waals surface area (Å²) >= 11 is 0. The van der Waals surface area contributed by atoms with Gasteiger partial charge in [-0.05, 0) is 0 Å². The van der Waals surface area contributed by atoms with Gasteiger partial charge in [0.2, 0.25) is 11.8 Å². The molecule has 2 fully saturated rings. The Morgan fingerprint density at radius 3 is 2.91 bits per heavy atom. The van der Waals surface area contributed by atoms with Gasteiger partial charge in [-0.25, -0.2) is 4.98 Å². The first-order valence-corrected chi connectivity index (χ1v) is 7.23. The second-order valence-electron chi connectivity index (χ2n) is 5.62. The zero-order chi connectivity index (χ0) is 16.2. The molecule has 10 nitrogen and oxygen atoms in total. The molecule has 0 bridgehead atoms. The van der Waals surface area contributed by atoms with Gasteiger partial charge < -0.3 is 30.2 Å². The van der Waals surface area contributed by atoms with Crippen LogP contribution < -0.4 is 10.5 Å². The van der Waals surface area contributed by atoms with Crippen molar-refractivity contribution in [1.29, 1.82) is 0 Å². The summed E-state index contributed by atoms with van der Waals surface area (Å²) in [4.78, 5) is 12.4. The summed E-state index contributed by atoms with van der Waals surface area (Å²) in [6, 6.07) is 0. The Kier molecular flexibility index (Phi) is 3.17. The Hall–Kier alpha value is -2.01. The van der Waals surface area contributed by atoms with Gasteiger partial charge in [0.05, 0.1) is 26.7 Å². The topological polar surface area (TPSA) is 138 Å². The van der Waals surface area contributed by atoms with Crippen LogP contribution in [0.3, 0.4) is 0 Å². The Balaban J connectivity index is 1.84. The first-order chi connectivity index (χ1) is 11.1. The third kappa shape index (κ3) is 1.86. The van der Waals surface area contributed by atoms with Crippen LogP contribution >= 0.6 is 0 Å². The van der Waals surface area contributed by atoms with Crippen molar-refractivity contribution in [3.05, 3.63) is 6.33 Å². The zero-order valence-electron chi connectivity index (χ0n) is 12.4. The number of ether oxygens (including phenoxy) is 3. The van der Waals surface area contributed by atoms with E-state index in [4.69, 9.17) is 19.9 Å². The molecular formula is C13H17N5O5. The third-order valence-electron chi connectivity index (χ3n) is 4.47. The van der Waals surface area contributed by atoms with Crippen LogP contribution in [0.25, 0.3) is 11.2 Å². The Morgan fingerprint density at radius 2 is 2.30 bits per heavy atom. The summed E-state index contributed by atoms with van der Waals surface area (Å²) in [6.07, 6.45) is -0.231. The van der Waals surface area contributed by atoms with Crippen molar-refractivity contribution in [3.63, 3.8) is 0 Å². The van der Waals surface area contributed by atoms with Crippen LogP contribution in [-0.4, -0.2) is 67.9 Å². The molecule has 2 aliphatic heterocycles. The van der Waals surface area contributed by atoms with E-state index in [0.29, 0.717) is 24.2 Å². The number of aliphatic hydroxyl groups excluding tert-OH is 2. The number of methoxy groups -OCH3 is 1. The maximum absolute atomic E-state index is 10.4. The predicted octanol–water partition coefficient (Wildman–Crippen LogP) is -1.17. The SMILES string of the molecule is COc1nc(N)nc2c1ncn2C1OC(CO)[C@@H](O)[C@]12CCO2. The Bertz CT molecular complexity index is 746. The van der Waals surface area contributed by atoms with E-state index in [1.165, 1.54) is 13.4 Å². The highest BCUT2D eigenvalue weighted by Gasteiger charge is 2.61. The zero-order valence-corrected chi connectivity index (χ0v) is 12.4. The molecule has 0 radical (unpaired) electrons. The standard InChI is InChI=1S/C13H17N5O5/c1-21-10-7-9(16-12(14)17-10)18(5-15-7)11-13(2-3-22-13)8(20)6(4-19)23-11/h5-6,8,11,19-20H,2-4H2,1H3,(H2,14,16,17)/t6?,8-,11?,13-/m1/s1. The normalized spacial score (nSPS) is 33.3. The minimum absolute atomic E-state index is 0.0388. The highest BCUT2D eigenvalue weighted by molar-refractivity contribution is 5.77. The molecule has 0 aliphatic carbocycles. The van der Waals surface area contributed by atoms with Crippen LogP contribution in [0, 0.1) is 0 Å². The largest absolute Gasteiger partial charge is 0.479 e. The molecule has 2 aromatic heterocycles. The van der Waals surface area contributed by atoms with Gasteiger partial charge in [-0.1, -0.05) is 0 Å². The number of nitrogen functional groups attached to an aromatic ring is 1. The maximum Gasteiger partial charge on any atom is 0.246 e. The van der Waals surface area contributed by atoms with Crippen molar-refractivity contribution in [2.24, 2.45) is 0 Å². The second kappa shape index (κ2) is 4.99. The van der Waals surface area contributed by atoms with E-state index in [-0.39, 0.29) is 18.4 Å². The number of anilines is 1. The number of rotatable bonds is 3. The molecule has 0 saturated carbocycles. The molecule has 1 spiro atoms. The van der Waals surface area contributed by atoms with E-state index >= 15 is 0 Å². The van der Waals surface area contributed by atoms with Crippen LogP contribution in [0.4, 0.5) is 5.95 Å². The lowest BCUT2D eigenvalue weighted by molar-refractivity contribution is -0.225. The van der Waals surface area contributed by atoms with Crippen molar-refractivity contribution >= 4 is 17.1 Å². The molecule has 2 aliphatic rings. The van der Waals surface area contributed by atoms with E-state index in [2.05, 4.69) is 15.0 Å². The lowest BCUT2D eigenvalue weighted by Gasteiger charge is -2.44. The smallest absolute Gasteiger partial charge is 0.246 e. The van der Waals surface area contributed by atoms with Gasteiger partial charge in [-0.15, -0.1) is 0 Å². The van der Waals surface area contributed by atoms with Gasteiger partial charge in [0, 0.05) is 6.42 Å². The van der Waals surface area contributed by atoms with E-state index < -0.39 is 24.0 Å². The van der Waals surface area contributed by atoms with Gasteiger partial charge in [-0.3, -0.25) is 4.57 Å². The lowest BCUT2D eigenvalue weighted by Crippen LogP contribution is -2.56. The van der Waals surface area contributed by atoms with Crippen LogP contribution in [0.2, 0.25) is 0 Å². The summed E-state index contributed by atoms with van der Waals surface area (Å²) in [6.45, 7) is 0.206. The molecule has 23 heavy (non-hydrogen) atoms. The Labute approximate surface area is 130 Å². The first-order valence-electron chi connectivity index (χ1n) is 7.23. The van der Waals surface area contributed by atoms with Gasteiger partial charge in [-0.2, -0.15) is 9.97 Å². The molecule has 4 atom stereocenters. The number of aliphatic hydroxyl groups is 2. The average molecular weight is 323 g/mol. The van der Waals surface area contributed by atoms with E-state index in [0.717, 1.165) is 0 Å². The van der Waals surface area contributed by atoms with Crippen molar-refractivity contribution in [2.45, 2.75) is 30.5 Å². The molecule has 4 rings (SSSR count).